The van der Waals surface area contributed by atoms with Gasteiger partial charge in [0.25, 0.3) is 11.5 Å². The lowest BCUT2D eigenvalue weighted by molar-refractivity contribution is 0.102. The van der Waals surface area contributed by atoms with Crippen molar-refractivity contribution in [2.45, 2.75) is 19.3 Å². The second-order valence-electron chi connectivity index (χ2n) is 10.4. The zero-order valence-electron chi connectivity index (χ0n) is 23.3. The Hall–Kier alpha value is -4.73. The van der Waals surface area contributed by atoms with Crippen LogP contribution in [0.1, 0.15) is 34.0 Å². The first-order chi connectivity index (χ1) is 20.3. The average Bonchev–Trinajstić information content (AvgIpc) is 3.60. The van der Waals surface area contributed by atoms with E-state index in [-0.39, 0.29) is 5.56 Å². The molecule has 1 aliphatic heterocycles. The highest BCUT2D eigenvalue weighted by Gasteiger charge is 2.23. The molecule has 1 saturated heterocycles. The van der Waals surface area contributed by atoms with Gasteiger partial charge in [-0.25, -0.2) is 14.6 Å². The lowest BCUT2D eigenvalue weighted by Crippen LogP contribution is -2.25. The van der Waals surface area contributed by atoms with E-state index < -0.39 is 11.5 Å². The highest BCUT2D eigenvalue weighted by molar-refractivity contribution is 6.30. The van der Waals surface area contributed by atoms with Gasteiger partial charge in [-0.2, -0.15) is 0 Å². The molecule has 1 amide bonds. The Morgan fingerprint density at radius 1 is 1.07 bits per heavy atom. The number of aromatic nitrogens is 4. The van der Waals surface area contributed by atoms with Crippen molar-refractivity contribution >= 4 is 29.0 Å². The zero-order chi connectivity index (χ0) is 29.4. The molecule has 0 radical (unpaired) electrons. The van der Waals surface area contributed by atoms with Crippen LogP contribution in [0.3, 0.4) is 0 Å². The molecule has 4 N–H and O–H groups in total. The van der Waals surface area contributed by atoms with E-state index in [1.165, 1.54) is 10.2 Å². The van der Waals surface area contributed by atoms with Gasteiger partial charge in [-0.3, -0.25) is 14.3 Å². The van der Waals surface area contributed by atoms with Crippen molar-refractivity contribution in [3.05, 3.63) is 111 Å². The minimum Gasteiger partial charge on any atom is -0.382 e. The fraction of sp³-hybridized carbons (Fsp3) is 0.188. The molecule has 5 aromatic rings. The van der Waals surface area contributed by atoms with Crippen LogP contribution in [0.15, 0.2) is 83.8 Å². The summed E-state index contributed by atoms with van der Waals surface area (Å²) in [5.74, 6) is 0.307. The SMILES string of the molecule is Cc1c(C(=O)Nc2ccc(-c3nc(-c4cccc(C5CCNC5)c4)cnc3N)cc2)c(=O)n(-c2cccc(Cl)c2)n1C. The molecule has 0 saturated carbocycles. The summed E-state index contributed by atoms with van der Waals surface area (Å²) in [5, 5.41) is 6.76. The van der Waals surface area contributed by atoms with Crippen LogP contribution < -0.4 is 21.9 Å². The topological polar surface area (TPSA) is 120 Å². The highest BCUT2D eigenvalue weighted by Crippen LogP contribution is 2.30. The van der Waals surface area contributed by atoms with Gasteiger partial charge < -0.3 is 16.4 Å². The molecular weight excluding hydrogens is 550 g/mol. The molecular formula is C32H30ClN7O2. The molecule has 10 heteroatoms. The van der Waals surface area contributed by atoms with Crippen molar-refractivity contribution in [2.75, 3.05) is 24.1 Å². The number of nitrogen functional groups attached to an aromatic ring is 1. The van der Waals surface area contributed by atoms with Crippen LogP contribution >= 0.6 is 11.6 Å². The lowest BCUT2D eigenvalue weighted by atomic mass is 9.96. The van der Waals surface area contributed by atoms with Crippen LogP contribution in [-0.4, -0.2) is 38.3 Å². The van der Waals surface area contributed by atoms with Gasteiger partial charge in [0.15, 0.2) is 0 Å². The molecule has 1 unspecified atom stereocenters. The van der Waals surface area contributed by atoms with Crippen molar-refractivity contribution in [1.82, 2.24) is 24.6 Å². The van der Waals surface area contributed by atoms with Crippen LogP contribution in [0.4, 0.5) is 11.5 Å². The van der Waals surface area contributed by atoms with E-state index in [0.29, 0.717) is 39.5 Å². The first kappa shape index (κ1) is 27.4. The maximum Gasteiger partial charge on any atom is 0.284 e. The fourth-order valence-electron chi connectivity index (χ4n) is 5.41. The van der Waals surface area contributed by atoms with E-state index in [4.69, 9.17) is 22.3 Å². The third-order valence-electron chi connectivity index (χ3n) is 7.76. The monoisotopic (exact) mass is 579 g/mol. The molecule has 212 valence electrons. The second-order valence-corrected chi connectivity index (χ2v) is 10.9. The number of hydrogen-bond donors (Lipinski definition) is 3. The quantitative estimate of drug-likeness (QED) is 0.255. The van der Waals surface area contributed by atoms with Crippen molar-refractivity contribution in [3.63, 3.8) is 0 Å². The minimum absolute atomic E-state index is 0.0555. The molecule has 6 rings (SSSR count). The smallest absolute Gasteiger partial charge is 0.284 e. The Bertz CT molecular complexity index is 1850. The number of nitrogens with two attached hydrogens (primary N) is 1. The molecule has 0 aliphatic carbocycles. The van der Waals surface area contributed by atoms with Crippen LogP contribution in [0.2, 0.25) is 5.02 Å². The Labute approximate surface area is 248 Å². The van der Waals surface area contributed by atoms with Crippen LogP contribution in [0.5, 0.6) is 0 Å². The summed E-state index contributed by atoms with van der Waals surface area (Å²) >= 11 is 6.13. The van der Waals surface area contributed by atoms with E-state index in [0.717, 1.165) is 36.3 Å². The Balaban J connectivity index is 1.24. The van der Waals surface area contributed by atoms with E-state index in [9.17, 15) is 9.59 Å². The molecule has 1 atom stereocenters. The summed E-state index contributed by atoms with van der Waals surface area (Å²) in [7, 11) is 1.73. The van der Waals surface area contributed by atoms with Gasteiger partial charge in [-0.15, -0.1) is 0 Å². The summed E-state index contributed by atoms with van der Waals surface area (Å²) in [6.45, 7) is 3.74. The third-order valence-corrected chi connectivity index (χ3v) is 8.00. The number of halogens is 1. The van der Waals surface area contributed by atoms with E-state index >= 15 is 0 Å². The summed E-state index contributed by atoms with van der Waals surface area (Å²) < 4.78 is 3.06. The molecule has 1 fully saturated rings. The largest absolute Gasteiger partial charge is 0.382 e. The van der Waals surface area contributed by atoms with Crippen molar-refractivity contribution in [2.24, 2.45) is 7.05 Å². The summed E-state index contributed by atoms with van der Waals surface area (Å²) in [6.07, 6.45) is 2.81. The molecule has 2 aromatic heterocycles. The molecule has 3 heterocycles. The van der Waals surface area contributed by atoms with Gasteiger partial charge in [0.1, 0.15) is 17.1 Å². The molecule has 1 aliphatic rings. The zero-order valence-corrected chi connectivity index (χ0v) is 24.0. The number of nitrogens with one attached hydrogen (secondary N) is 2. The van der Waals surface area contributed by atoms with Crippen LogP contribution in [0.25, 0.3) is 28.2 Å². The van der Waals surface area contributed by atoms with Crippen LogP contribution in [-0.2, 0) is 7.05 Å². The Kier molecular flexibility index (Phi) is 7.36. The number of carbonyl (C=O) groups is 1. The van der Waals surface area contributed by atoms with Gasteiger partial charge in [-0.05, 0) is 67.8 Å². The average molecular weight is 580 g/mol. The van der Waals surface area contributed by atoms with Crippen molar-refractivity contribution < 1.29 is 4.79 Å². The number of anilines is 2. The second kappa shape index (κ2) is 11.3. The number of carbonyl (C=O) groups excluding carboxylic acids is 1. The summed E-state index contributed by atoms with van der Waals surface area (Å²) in [4.78, 5) is 35.8. The standard InChI is InChI=1S/C32H30ClN7O2/c1-19-28(32(42)40(39(19)2)26-8-4-7-24(33)16-26)31(41)37-25-11-9-20(10-12-25)29-30(34)36-18-27(38-29)22-6-3-5-21(15-22)23-13-14-35-17-23/h3-12,15-16,18,23,35H,13-14,17H2,1-2H3,(H2,34,36)(H,37,41). The maximum atomic E-state index is 13.3. The van der Waals surface area contributed by atoms with Gasteiger partial charge in [0, 0.05) is 35.4 Å². The van der Waals surface area contributed by atoms with E-state index in [1.807, 2.05) is 18.2 Å². The van der Waals surface area contributed by atoms with Crippen molar-refractivity contribution in [1.29, 1.82) is 0 Å². The van der Waals surface area contributed by atoms with Gasteiger partial charge >= 0.3 is 0 Å². The predicted octanol–water partition coefficient (Wildman–Crippen LogP) is 5.17. The summed E-state index contributed by atoms with van der Waals surface area (Å²) in [6, 6.07) is 22.5. The van der Waals surface area contributed by atoms with Gasteiger partial charge in [0.2, 0.25) is 0 Å². The van der Waals surface area contributed by atoms with Gasteiger partial charge in [-0.1, -0.05) is 48.0 Å². The number of benzene rings is 3. The molecule has 3 aromatic carbocycles. The first-order valence-electron chi connectivity index (χ1n) is 13.7. The molecule has 0 bridgehead atoms. The minimum atomic E-state index is -0.500. The maximum absolute atomic E-state index is 13.3. The Morgan fingerprint density at radius 3 is 2.60 bits per heavy atom. The lowest BCUT2D eigenvalue weighted by Gasteiger charge is -2.12. The molecule has 0 spiro atoms. The molecule has 42 heavy (non-hydrogen) atoms. The Morgan fingerprint density at radius 2 is 1.86 bits per heavy atom. The first-order valence-corrected chi connectivity index (χ1v) is 14.1. The normalized spacial score (nSPS) is 14.7. The number of hydrogen-bond acceptors (Lipinski definition) is 6. The predicted molar refractivity (Wildman–Crippen MR) is 166 cm³/mol. The third kappa shape index (κ3) is 5.20. The van der Waals surface area contributed by atoms with Crippen LogP contribution in [0, 0.1) is 6.92 Å². The van der Waals surface area contributed by atoms with E-state index in [2.05, 4.69) is 33.8 Å². The number of amides is 1. The fourth-order valence-corrected chi connectivity index (χ4v) is 5.60. The summed E-state index contributed by atoms with van der Waals surface area (Å²) in [5.41, 5.74) is 11.8. The van der Waals surface area contributed by atoms with Crippen molar-refractivity contribution in [3.8, 4) is 28.2 Å². The van der Waals surface area contributed by atoms with E-state index in [1.54, 1.807) is 61.2 Å². The van der Waals surface area contributed by atoms with Gasteiger partial charge in [0.05, 0.1) is 23.3 Å². The number of rotatable bonds is 6. The molecule has 9 nitrogen and oxygen atoms in total. The number of nitrogens with zero attached hydrogens (tertiary/aromatic N) is 4. The highest BCUT2D eigenvalue weighted by atomic mass is 35.5.